The summed E-state index contributed by atoms with van der Waals surface area (Å²) >= 11 is 0. The Morgan fingerprint density at radius 2 is 1.93 bits per heavy atom. The normalized spacial score (nSPS) is 10.9. The lowest BCUT2D eigenvalue weighted by atomic mass is 10.2. The predicted octanol–water partition coefficient (Wildman–Crippen LogP) is 2.04. The third-order valence-electron chi connectivity index (χ3n) is 1.71. The van der Waals surface area contributed by atoms with Crippen molar-refractivity contribution in [1.29, 1.82) is 5.26 Å². The maximum absolute atomic E-state index is 12.4. The van der Waals surface area contributed by atoms with Gasteiger partial charge in [0.15, 0.2) is 0 Å². The van der Waals surface area contributed by atoms with Gasteiger partial charge in [0, 0.05) is 14.1 Å². The number of anilines is 1. The number of nitrogens with zero attached hydrogens (tertiary/aromatic N) is 3. The number of halogens is 3. The monoisotopic (exact) mass is 215 g/mol. The molecule has 0 spiro atoms. The van der Waals surface area contributed by atoms with E-state index >= 15 is 0 Å². The minimum Gasteiger partial charge on any atom is -0.363 e. The number of nitriles is 1. The Morgan fingerprint density at radius 1 is 1.33 bits per heavy atom. The molecule has 0 aliphatic rings. The average Bonchev–Trinajstić information content (AvgIpc) is 2.15. The van der Waals surface area contributed by atoms with Gasteiger partial charge in [-0.05, 0) is 12.1 Å². The van der Waals surface area contributed by atoms with E-state index in [1.165, 1.54) is 4.90 Å². The van der Waals surface area contributed by atoms with E-state index in [-0.39, 0.29) is 11.5 Å². The highest BCUT2D eigenvalue weighted by Gasteiger charge is 2.31. The van der Waals surface area contributed by atoms with E-state index in [0.717, 1.165) is 12.1 Å². The minimum atomic E-state index is -4.46. The summed E-state index contributed by atoms with van der Waals surface area (Å²) in [5.74, 6) is 0.112. The highest BCUT2D eigenvalue weighted by molar-refractivity contribution is 5.44. The van der Waals surface area contributed by atoms with Crippen LogP contribution in [-0.4, -0.2) is 19.1 Å². The van der Waals surface area contributed by atoms with Crippen LogP contribution in [0, 0.1) is 11.3 Å². The van der Waals surface area contributed by atoms with E-state index in [4.69, 9.17) is 5.26 Å². The van der Waals surface area contributed by atoms with E-state index < -0.39 is 11.7 Å². The molecule has 0 amide bonds. The molecule has 0 unspecified atom stereocenters. The van der Waals surface area contributed by atoms with E-state index in [1.54, 1.807) is 20.2 Å². The summed E-state index contributed by atoms with van der Waals surface area (Å²) < 4.78 is 37.2. The molecule has 1 heterocycles. The van der Waals surface area contributed by atoms with Crippen LogP contribution in [-0.2, 0) is 6.18 Å². The minimum absolute atomic E-state index is 0.112. The van der Waals surface area contributed by atoms with Crippen molar-refractivity contribution in [2.75, 3.05) is 19.0 Å². The quantitative estimate of drug-likeness (QED) is 0.719. The first kappa shape index (κ1) is 11.3. The van der Waals surface area contributed by atoms with Gasteiger partial charge in [0.2, 0.25) is 0 Å². The molecule has 1 aromatic rings. The van der Waals surface area contributed by atoms with Crippen LogP contribution in [0.3, 0.4) is 0 Å². The first-order valence-corrected chi connectivity index (χ1v) is 4.01. The zero-order valence-electron chi connectivity index (χ0n) is 8.13. The van der Waals surface area contributed by atoms with Crippen LogP contribution in [0.2, 0.25) is 0 Å². The van der Waals surface area contributed by atoms with Gasteiger partial charge < -0.3 is 4.90 Å². The Bertz CT molecular complexity index is 404. The molecule has 1 rings (SSSR count). The molecule has 0 aliphatic carbocycles. The summed E-state index contributed by atoms with van der Waals surface area (Å²) in [4.78, 5) is 5.14. The fourth-order valence-corrected chi connectivity index (χ4v) is 0.966. The van der Waals surface area contributed by atoms with Crippen LogP contribution < -0.4 is 4.90 Å². The lowest BCUT2D eigenvalue weighted by molar-refractivity contribution is -0.137. The van der Waals surface area contributed by atoms with Crippen molar-refractivity contribution < 1.29 is 13.2 Å². The SMILES string of the molecule is CN(C)c1cc(C(F)(F)F)cc(C#N)n1. The molecule has 0 aromatic carbocycles. The maximum atomic E-state index is 12.4. The number of aromatic nitrogens is 1. The number of alkyl halides is 3. The molecule has 0 saturated heterocycles. The Balaban J connectivity index is 3.32. The van der Waals surface area contributed by atoms with Gasteiger partial charge in [-0.15, -0.1) is 0 Å². The second kappa shape index (κ2) is 3.77. The van der Waals surface area contributed by atoms with Crippen molar-refractivity contribution in [3.63, 3.8) is 0 Å². The molecule has 1 aromatic heterocycles. The average molecular weight is 215 g/mol. The van der Waals surface area contributed by atoms with Gasteiger partial charge >= 0.3 is 6.18 Å². The summed E-state index contributed by atoms with van der Waals surface area (Å²) in [5, 5.41) is 8.54. The maximum Gasteiger partial charge on any atom is 0.416 e. The summed E-state index contributed by atoms with van der Waals surface area (Å²) in [7, 11) is 3.12. The topological polar surface area (TPSA) is 39.9 Å². The molecular formula is C9H8F3N3. The van der Waals surface area contributed by atoms with Gasteiger partial charge in [0.1, 0.15) is 17.6 Å². The third kappa shape index (κ3) is 2.59. The fraction of sp³-hybridized carbons (Fsp3) is 0.333. The molecule has 0 N–H and O–H groups in total. The van der Waals surface area contributed by atoms with Gasteiger partial charge in [0.05, 0.1) is 5.56 Å². The Hall–Kier alpha value is -1.77. The van der Waals surface area contributed by atoms with Crippen LogP contribution in [0.15, 0.2) is 12.1 Å². The highest BCUT2D eigenvalue weighted by atomic mass is 19.4. The molecule has 80 valence electrons. The smallest absolute Gasteiger partial charge is 0.363 e. The van der Waals surface area contributed by atoms with Crippen molar-refractivity contribution in [2.45, 2.75) is 6.18 Å². The molecule has 0 atom stereocenters. The summed E-state index contributed by atoms with van der Waals surface area (Å²) in [6, 6.07) is 3.23. The molecular weight excluding hydrogens is 207 g/mol. The van der Waals surface area contributed by atoms with Crippen molar-refractivity contribution in [3.8, 4) is 6.07 Å². The zero-order valence-corrected chi connectivity index (χ0v) is 8.13. The Kier molecular flexibility index (Phi) is 2.84. The number of hydrogen-bond acceptors (Lipinski definition) is 3. The number of pyridine rings is 1. The third-order valence-corrected chi connectivity index (χ3v) is 1.71. The van der Waals surface area contributed by atoms with Gasteiger partial charge in [-0.25, -0.2) is 4.98 Å². The van der Waals surface area contributed by atoms with E-state index in [0.29, 0.717) is 0 Å². The lowest BCUT2D eigenvalue weighted by Gasteiger charge is -2.14. The first-order chi connectivity index (χ1) is 6.84. The number of hydrogen-bond donors (Lipinski definition) is 0. The standard InChI is InChI=1S/C9H8F3N3/c1-15(2)8-4-6(9(10,11)12)3-7(5-13)14-8/h3-4H,1-2H3. The van der Waals surface area contributed by atoms with Gasteiger partial charge in [0.25, 0.3) is 0 Å². The Morgan fingerprint density at radius 3 is 2.33 bits per heavy atom. The van der Waals surface area contributed by atoms with Gasteiger partial charge in [-0.1, -0.05) is 0 Å². The van der Waals surface area contributed by atoms with E-state index in [1.807, 2.05) is 0 Å². The van der Waals surface area contributed by atoms with Crippen LogP contribution in [0.5, 0.6) is 0 Å². The van der Waals surface area contributed by atoms with E-state index in [9.17, 15) is 13.2 Å². The zero-order chi connectivity index (χ0) is 11.6. The Labute approximate surface area is 84.8 Å². The highest BCUT2D eigenvalue weighted by Crippen LogP contribution is 2.31. The lowest BCUT2D eigenvalue weighted by Crippen LogP contribution is -2.14. The van der Waals surface area contributed by atoms with E-state index in [2.05, 4.69) is 4.98 Å². The summed E-state index contributed by atoms with van der Waals surface area (Å²) in [6.07, 6.45) is -4.46. The molecule has 0 radical (unpaired) electrons. The van der Waals surface area contributed by atoms with Crippen molar-refractivity contribution >= 4 is 5.82 Å². The largest absolute Gasteiger partial charge is 0.416 e. The van der Waals surface area contributed by atoms with Crippen LogP contribution in [0.4, 0.5) is 19.0 Å². The van der Waals surface area contributed by atoms with Crippen LogP contribution in [0.1, 0.15) is 11.3 Å². The summed E-state index contributed by atoms with van der Waals surface area (Å²) in [6.45, 7) is 0. The van der Waals surface area contributed by atoms with Gasteiger partial charge in [-0.3, -0.25) is 0 Å². The molecule has 0 fully saturated rings. The number of rotatable bonds is 1. The fourth-order valence-electron chi connectivity index (χ4n) is 0.966. The van der Waals surface area contributed by atoms with Gasteiger partial charge in [-0.2, -0.15) is 18.4 Å². The first-order valence-electron chi connectivity index (χ1n) is 4.01. The molecule has 0 aliphatic heterocycles. The second-order valence-electron chi connectivity index (χ2n) is 3.10. The molecule has 15 heavy (non-hydrogen) atoms. The van der Waals surface area contributed by atoms with Crippen molar-refractivity contribution in [3.05, 3.63) is 23.4 Å². The molecule has 3 nitrogen and oxygen atoms in total. The van der Waals surface area contributed by atoms with Crippen LogP contribution in [0.25, 0.3) is 0 Å². The van der Waals surface area contributed by atoms with Crippen molar-refractivity contribution in [1.82, 2.24) is 4.98 Å². The van der Waals surface area contributed by atoms with Crippen molar-refractivity contribution in [2.24, 2.45) is 0 Å². The molecule has 0 saturated carbocycles. The molecule has 6 heteroatoms. The molecule has 0 bridgehead atoms. The van der Waals surface area contributed by atoms with Crippen LogP contribution >= 0.6 is 0 Å². The predicted molar refractivity (Wildman–Crippen MR) is 48.3 cm³/mol. The second-order valence-corrected chi connectivity index (χ2v) is 3.10. The summed E-state index contributed by atoms with van der Waals surface area (Å²) in [5.41, 5.74) is -1.11.